The zero-order valence-electron chi connectivity index (χ0n) is 9.73. The molecule has 0 radical (unpaired) electrons. The summed E-state index contributed by atoms with van der Waals surface area (Å²) in [5.41, 5.74) is 2.27. The Hall–Kier alpha value is -1.02. The molecule has 1 fully saturated rings. The normalized spacial score (nSPS) is 25.7. The molecule has 0 aromatic heterocycles. The Morgan fingerprint density at radius 2 is 1.75 bits per heavy atom. The van der Waals surface area contributed by atoms with Gasteiger partial charge in [-0.05, 0) is 17.9 Å². The van der Waals surface area contributed by atoms with Crippen LogP contribution in [0.1, 0.15) is 30.9 Å². The van der Waals surface area contributed by atoms with Gasteiger partial charge in [0.25, 0.3) is 0 Å². The highest BCUT2D eigenvalue weighted by Crippen LogP contribution is 2.64. The molecule has 1 N–H and O–H groups in total. The maximum atomic E-state index is 11.0. The highest BCUT2D eigenvalue weighted by atomic mass is 35.5. The molecule has 2 nitrogen and oxygen atoms in total. The van der Waals surface area contributed by atoms with Gasteiger partial charge in [-0.3, -0.25) is 4.79 Å². The van der Waals surface area contributed by atoms with Crippen molar-refractivity contribution in [3.05, 3.63) is 35.4 Å². The summed E-state index contributed by atoms with van der Waals surface area (Å²) in [6, 6.07) is 8.18. The second-order valence-corrected chi connectivity index (χ2v) is 5.03. The lowest BCUT2D eigenvalue weighted by Crippen LogP contribution is -2.03. The average Bonchev–Trinajstić information content (AvgIpc) is 2.70. The van der Waals surface area contributed by atoms with Gasteiger partial charge in [-0.25, -0.2) is 0 Å². The first kappa shape index (κ1) is 13.0. The molecule has 1 aromatic rings. The molecular weight excluding hydrogens is 224 g/mol. The molecular formula is C13H17ClO2. The van der Waals surface area contributed by atoms with Crippen LogP contribution >= 0.6 is 12.4 Å². The molecule has 0 saturated heterocycles. The predicted octanol–water partition coefficient (Wildman–Crippen LogP) is 3.24. The number of carboxylic acids is 1. The third-order valence-electron chi connectivity index (χ3n) is 3.53. The van der Waals surface area contributed by atoms with Crippen molar-refractivity contribution in [2.45, 2.75) is 26.7 Å². The first-order chi connectivity index (χ1) is 6.94. The lowest BCUT2D eigenvalue weighted by atomic mass is 10.0. The molecule has 0 amide bonds. The van der Waals surface area contributed by atoms with E-state index in [1.165, 1.54) is 5.56 Å². The van der Waals surface area contributed by atoms with Crippen molar-refractivity contribution in [3.63, 3.8) is 0 Å². The highest BCUT2D eigenvalue weighted by molar-refractivity contribution is 5.85. The second kappa shape index (κ2) is 4.10. The van der Waals surface area contributed by atoms with Crippen molar-refractivity contribution in [2.24, 2.45) is 11.3 Å². The zero-order valence-corrected chi connectivity index (χ0v) is 10.5. The number of hydrogen-bond acceptors (Lipinski definition) is 1. The largest absolute Gasteiger partial charge is 0.481 e. The van der Waals surface area contributed by atoms with E-state index in [0.717, 1.165) is 5.56 Å². The molecule has 1 aliphatic carbocycles. The van der Waals surface area contributed by atoms with Crippen LogP contribution in [0.4, 0.5) is 0 Å². The molecule has 0 aliphatic heterocycles. The van der Waals surface area contributed by atoms with Crippen LogP contribution in [-0.2, 0) is 4.79 Å². The van der Waals surface area contributed by atoms with E-state index in [9.17, 15) is 4.79 Å². The fourth-order valence-electron chi connectivity index (χ4n) is 2.49. The van der Waals surface area contributed by atoms with E-state index in [1.807, 2.05) is 45.0 Å². The van der Waals surface area contributed by atoms with Crippen LogP contribution in [-0.4, -0.2) is 11.1 Å². The quantitative estimate of drug-likeness (QED) is 0.862. The van der Waals surface area contributed by atoms with E-state index in [-0.39, 0.29) is 29.7 Å². The zero-order chi connectivity index (χ0) is 11.2. The van der Waals surface area contributed by atoms with Crippen LogP contribution in [0.3, 0.4) is 0 Å². The standard InChI is InChI=1S/C13H16O2.ClH/c1-8-4-6-9(7-5-8)10-11(12(14)15)13(10,2)3;/h4-7,10-11H,1-3H3,(H,14,15);1H/t10-,11+;/m0./s1. The molecule has 3 heteroatoms. The van der Waals surface area contributed by atoms with Gasteiger partial charge in [0, 0.05) is 5.92 Å². The number of carbonyl (C=O) groups is 1. The number of rotatable bonds is 2. The molecule has 0 bridgehead atoms. The summed E-state index contributed by atoms with van der Waals surface area (Å²) in [6.45, 7) is 6.09. The maximum absolute atomic E-state index is 11.0. The summed E-state index contributed by atoms with van der Waals surface area (Å²) in [7, 11) is 0. The van der Waals surface area contributed by atoms with Gasteiger partial charge in [0.2, 0.25) is 0 Å². The molecule has 0 heterocycles. The monoisotopic (exact) mass is 240 g/mol. The van der Waals surface area contributed by atoms with Gasteiger partial charge in [-0.2, -0.15) is 0 Å². The Balaban J connectivity index is 0.00000128. The number of halogens is 1. The van der Waals surface area contributed by atoms with Crippen molar-refractivity contribution in [2.75, 3.05) is 0 Å². The Morgan fingerprint density at radius 3 is 2.12 bits per heavy atom. The molecule has 1 saturated carbocycles. The fourth-order valence-corrected chi connectivity index (χ4v) is 2.49. The van der Waals surface area contributed by atoms with Crippen molar-refractivity contribution in [1.82, 2.24) is 0 Å². The van der Waals surface area contributed by atoms with Crippen LogP contribution in [0, 0.1) is 18.3 Å². The number of aryl methyl sites for hydroxylation is 1. The van der Waals surface area contributed by atoms with Gasteiger partial charge in [0.1, 0.15) is 0 Å². The summed E-state index contributed by atoms with van der Waals surface area (Å²) < 4.78 is 0. The Labute approximate surface area is 102 Å². The van der Waals surface area contributed by atoms with Gasteiger partial charge in [0.05, 0.1) is 5.92 Å². The van der Waals surface area contributed by atoms with Crippen LogP contribution in [0.5, 0.6) is 0 Å². The van der Waals surface area contributed by atoms with Gasteiger partial charge >= 0.3 is 5.97 Å². The lowest BCUT2D eigenvalue weighted by molar-refractivity contribution is -0.139. The molecule has 1 aromatic carbocycles. The van der Waals surface area contributed by atoms with E-state index in [0.29, 0.717) is 0 Å². The van der Waals surface area contributed by atoms with E-state index in [4.69, 9.17) is 5.11 Å². The predicted molar refractivity (Wildman–Crippen MR) is 66.1 cm³/mol. The Morgan fingerprint density at radius 1 is 1.25 bits per heavy atom. The summed E-state index contributed by atoms with van der Waals surface area (Å²) in [5, 5.41) is 9.08. The number of aliphatic carboxylic acids is 1. The summed E-state index contributed by atoms with van der Waals surface area (Å²) in [5.74, 6) is -0.721. The van der Waals surface area contributed by atoms with E-state index >= 15 is 0 Å². The minimum atomic E-state index is -0.675. The molecule has 2 rings (SSSR count). The smallest absolute Gasteiger partial charge is 0.307 e. The molecule has 16 heavy (non-hydrogen) atoms. The minimum Gasteiger partial charge on any atom is -0.481 e. The summed E-state index contributed by atoms with van der Waals surface area (Å²) in [4.78, 5) is 11.0. The van der Waals surface area contributed by atoms with Crippen LogP contribution in [0.2, 0.25) is 0 Å². The highest BCUT2D eigenvalue weighted by Gasteiger charge is 2.62. The maximum Gasteiger partial charge on any atom is 0.307 e. The number of benzene rings is 1. The van der Waals surface area contributed by atoms with Crippen molar-refractivity contribution in [3.8, 4) is 0 Å². The summed E-state index contributed by atoms with van der Waals surface area (Å²) >= 11 is 0. The van der Waals surface area contributed by atoms with E-state index in [2.05, 4.69) is 0 Å². The van der Waals surface area contributed by atoms with Crippen molar-refractivity contribution < 1.29 is 9.90 Å². The van der Waals surface area contributed by atoms with Crippen LogP contribution in [0.25, 0.3) is 0 Å². The second-order valence-electron chi connectivity index (χ2n) is 5.03. The SMILES string of the molecule is Cc1ccc([C@H]2[C@H](C(=O)O)C2(C)C)cc1.Cl. The first-order valence-electron chi connectivity index (χ1n) is 5.24. The lowest BCUT2D eigenvalue weighted by Gasteiger charge is -2.02. The van der Waals surface area contributed by atoms with Crippen molar-refractivity contribution in [1.29, 1.82) is 0 Å². The van der Waals surface area contributed by atoms with Crippen LogP contribution < -0.4 is 0 Å². The average molecular weight is 241 g/mol. The third kappa shape index (κ3) is 1.94. The van der Waals surface area contributed by atoms with Gasteiger partial charge in [-0.15, -0.1) is 12.4 Å². The number of hydrogen-bond donors (Lipinski definition) is 1. The topological polar surface area (TPSA) is 37.3 Å². The molecule has 0 spiro atoms. The summed E-state index contributed by atoms with van der Waals surface area (Å²) in [6.07, 6.45) is 0. The Kier molecular flexibility index (Phi) is 3.34. The number of carboxylic acid groups (broad SMARTS) is 1. The fraction of sp³-hybridized carbons (Fsp3) is 0.462. The van der Waals surface area contributed by atoms with Crippen molar-refractivity contribution >= 4 is 18.4 Å². The Bertz CT molecular complexity index is 395. The molecule has 2 atom stereocenters. The van der Waals surface area contributed by atoms with E-state index in [1.54, 1.807) is 0 Å². The molecule has 88 valence electrons. The van der Waals surface area contributed by atoms with Gasteiger partial charge < -0.3 is 5.11 Å². The molecule has 0 unspecified atom stereocenters. The van der Waals surface area contributed by atoms with Gasteiger partial charge in [0.15, 0.2) is 0 Å². The van der Waals surface area contributed by atoms with Crippen LogP contribution in [0.15, 0.2) is 24.3 Å². The molecule has 1 aliphatic rings. The minimum absolute atomic E-state index is 0. The third-order valence-corrected chi connectivity index (χ3v) is 3.53. The first-order valence-corrected chi connectivity index (χ1v) is 5.24. The van der Waals surface area contributed by atoms with Gasteiger partial charge in [-0.1, -0.05) is 43.7 Å². The van der Waals surface area contributed by atoms with E-state index < -0.39 is 5.97 Å².